The molecule has 0 bridgehead atoms. The third kappa shape index (κ3) is 5.45. The summed E-state index contributed by atoms with van der Waals surface area (Å²) in [6.45, 7) is 4.72. The van der Waals surface area contributed by atoms with Gasteiger partial charge in [0.15, 0.2) is 0 Å². The van der Waals surface area contributed by atoms with Gasteiger partial charge in [-0.3, -0.25) is 9.78 Å². The first-order valence-electron chi connectivity index (χ1n) is 6.01. The van der Waals surface area contributed by atoms with Crippen LogP contribution in [-0.4, -0.2) is 23.5 Å². The zero-order valence-electron chi connectivity index (χ0n) is 10.5. The van der Waals surface area contributed by atoms with E-state index in [4.69, 9.17) is 5.73 Å². The number of nitrogens with one attached hydrogen (secondary N) is 1. The smallest absolute Gasteiger partial charge is 0.226 e. The van der Waals surface area contributed by atoms with E-state index in [1.54, 1.807) is 6.20 Å². The molecule has 1 amide bonds. The van der Waals surface area contributed by atoms with E-state index in [0.717, 1.165) is 12.1 Å². The molecule has 0 aliphatic heterocycles. The Morgan fingerprint density at radius 1 is 1.47 bits per heavy atom. The lowest BCUT2D eigenvalue weighted by molar-refractivity contribution is -0.121. The summed E-state index contributed by atoms with van der Waals surface area (Å²) in [5.41, 5.74) is 6.42. The molecule has 94 valence electrons. The first-order chi connectivity index (χ1) is 8.11. The standard InChI is InChI=1S/C13H21N3O/c1-10(2)7-12(9-14)16-13(17)8-11-5-3-4-6-15-11/h3-6,10,12H,7-9,14H2,1-2H3,(H,16,17). The third-order valence-electron chi connectivity index (χ3n) is 2.47. The lowest BCUT2D eigenvalue weighted by Gasteiger charge is -2.18. The van der Waals surface area contributed by atoms with Crippen LogP contribution in [0.25, 0.3) is 0 Å². The number of nitrogens with two attached hydrogens (primary N) is 1. The number of hydrogen-bond donors (Lipinski definition) is 2. The normalized spacial score (nSPS) is 12.5. The summed E-state index contributed by atoms with van der Waals surface area (Å²) in [6.07, 6.45) is 2.91. The molecular weight excluding hydrogens is 214 g/mol. The SMILES string of the molecule is CC(C)CC(CN)NC(=O)Cc1ccccn1. The van der Waals surface area contributed by atoms with E-state index in [2.05, 4.69) is 24.1 Å². The summed E-state index contributed by atoms with van der Waals surface area (Å²) in [5, 5.41) is 2.94. The molecule has 0 aromatic carbocycles. The summed E-state index contributed by atoms with van der Waals surface area (Å²) in [4.78, 5) is 15.9. The average Bonchev–Trinajstić information content (AvgIpc) is 2.28. The van der Waals surface area contributed by atoms with E-state index in [1.807, 2.05) is 18.2 Å². The number of amides is 1. The van der Waals surface area contributed by atoms with Crippen molar-refractivity contribution in [3.8, 4) is 0 Å². The van der Waals surface area contributed by atoms with Crippen molar-refractivity contribution in [1.82, 2.24) is 10.3 Å². The second-order valence-corrected chi connectivity index (χ2v) is 4.63. The number of carbonyl (C=O) groups is 1. The van der Waals surface area contributed by atoms with E-state index in [-0.39, 0.29) is 11.9 Å². The van der Waals surface area contributed by atoms with Gasteiger partial charge in [0, 0.05) is 24.5 Å². The molecule has 0 saturated heterocycles. The lowest BCUT2D eigenvalue weighted by Crippen LogP contribution is -2.41. The highest BCUT2D eigenvalue weighted by molar-refractivity contribution is 5.78. The van der Waals surface area contributed by atoms with E-state index in [1.165, 1.54) is 0 Å². The van der Waals surface area contributed by atoms with Crippen LogP contribution in [0.5, 0.6) is 0 Å². The number of aromatic nitrogens is 1. The van der Waals surface area contributed by atoms with Crippen LogP contribution in [0, 0.1) is 5.92 Å². The molecule has 17 heavy (non-hydrogen) atoms. The van der Waals surface area contributed by atoms with Crippen LogP contribution < -0.4 is 11.1 Å². The maximum atomic E-state index is 11.8. The minimum Gasteiger partial charge on any atom is -0.352 e. The molecule has 1 heterocycles. The Bertz CT molecular complexity index is 338. The summed E-state index contributed by atoms with van der Waals surface area (Å²) < 4.78 is 0. The van der Waals surface area contributed by atoms with Crippen molar-refractivity contribution >= 4 is 5.91 Å². The Morgan fingerprint density at radius 3 is 2.76 bits per heavy atom. The van der Waals surface area contributed by atoms with E-state index in [0.29, 0.717) is 18.9 Å². The molecule has 0 radical (unpaired) electrons. The number of hydrogen-bond acceptors (Lipinski definition) is 3. The maximum Gasteiger partial charge on any atom is 0.226 e. The molecule has 4 nitrogen and oxygen atoms in total. The summed E-state index contributed by atoms with van der Waals surface area (Å²) in [5.74, 6) is 0.513. The van der Waals surface area contributed by atoms with Crippen LogP contribution in [0.3, 0.4) is 0 Å². The third-order valence-corrected chi connectivity index (χ3v) is 2.47. The first-order valence-corrected chi connectivity index (χ1v) is 6.01. The van der Waals surface area contributed by atoms with Gasteiger partial charge in [-0.25, -0.2) is 0 Å². The van der Waals surface area contributed by atoms with Gasteiger partial charge in [-0.2, -0.15) is 0 Å². The van der Waals surface area contributed by atoms with E-state index in [9.17, 15) is 4.79 Å². The molecule has 0 aliphatic rings. The summed E-state index contributed by atoms with van der Waals surface area (Å²) in [7, 11) is 0. The second kappa shape index (κ2) is 7.01. The van der Waals surface area contributed by atoms with Crippen molar-refractivity contribution in [2.45, 2.75) is 32.7 Å². The summed E-state index contributed by atoms with van der Waals surface area (Å²) >= 11 is 0. The Kier molecular flexibility index (Phi) is 5.63. The van der Waals surface area contributed by atoms with Gasteiger partial charge in [0.05, 0.1) is 6.42 Å². The molecule has 1 rings (SSSR count). The van der Waals surface area contributed by atoms with Crippen molar-refractivity contribution in [3.05, 3.63) is 30.1 Å². The van der Waals surface area contributed by atoms with Gasteiger partial charge in [-0.05, 0) is 24.5 Å². The van der Waals surface area contributed by atoms with Crippen LogP contribution in [-0.2, 0) is 11.2 Å². The number of rotatable bonds is 6. The quantitative estimate of drug-likeness (QED) is 0.776. The van der Waals surface area contributed by atoms with Gasteiger partial charge in [0.25, 0.3) is 0 Å². The van der Waals surface area contributed by atoms with Gasteiger partial charge in [0.1, 0.15) is 0 Å². The van der Waals surface area contributed by atoms with Crippen molar-refractivity contribution in [1.29, 1.82) is 0 Å². The van der Waals surface area contributed by atoms with Gasteiger partial charge < -0.3 is 11.1 Å². The highest BCUT2D eigenvalue weighted by Crippen LogP contribution is 2.04. The first kappa shape index (κ1) is 13.6. The van der Waals surface area contributed by atoms with Crippen molar-refractivity contribution < 1.29 is 4.79 Å². The zero-order valence-corrected chi connectivity index (χ0v) is 10.5. The molecule has 1 atom stereocenters. The van der Waals surface area contributed by atoms with Crippen LogP contribution in [0.4, 0.5) is 0 Å². The van der Waals surface area contributed by atoms with Gasteiger partial charge in [0.2, 0.25) is 5.91 Å². The fourth-order valence-electron chi connectivity index (χ4n) is 1.73. The summed E-state index contributed by atoms with van der Waals surface area (Å²) in [6, 6.07) is 5.62. The minimum absolute atomic E-state index is 0.0141. The molecular formula is C13H21N3O. The Hall–Kier alpha value is -1.42. The molecule has 1 aromatic heterocycles. The van der Waals surface area contributed by atoms with Crippen LogP contribution in [0.2, 0.25) is 0 Å². The average molecular weight is 235 g/mol. The van der Waals surface area contributed by atoms with Gasteiger partial charge in [-0.1, -0.05) is 19.9 Å². The highest BCUT2D eigenvalue weighted by Gasteiger charge is 2.12. The molecule has 0 spiro atoms. The Labute approximate surface area is 103 Å². The monoisotopic (exact) mass is 235 g/mol. The second-order valence-electron chi connectivity index (χ2n) is 4.63. The van der Waals surface area contributed by atoms with Crippen LogP contribution >= 0.6 is 0 Å². The molecule has 1 aromatic rings. The number of carbonyl (C=O) groups excluding carboxylic acids is 1. The Morgan fingerprint density at radius 2 is 2.24 bits per heavy atom. The van der Waals surface area contributed by atoms with E-state index >= 15 is 0 Å². The molecule has 0 fully saturated rings. The van der Waals surface area contributed by atoms with Crippen molar-refractivity contribution in [3.63, 3.8) is 0 Å². The fourth-order valence-corrected chi connectivity index (χ4v) is 1.73. The van der Waals surface area contributed by atoms with Crippen molar-refractivity contribution in [2.75, 3.05) is 6.54 Å². The number of pyridine rings is 1. The van der Waals surface area contributed by atoms with Gasteiger partial charge >= 0.3 is 0 Å². The topological polar surface area (TPSA) is 68.0 Å². The molecule has 4 heteroatoms. The van der Waals surface area contributed by atoms with Gasteiger partial charge in [-0.15, -0.1) is 0 Å². The Balaban J connectivity index is 2.43. The molecule has 1 unspecified atom stereocenters. The van der Waals surface area contributed by atoms with Crippen molar-refractivity contribution in [2.24, 2.45) is 11.7 Å². The minimum atomic E-state index is -0.0141. The zero-order chi connectivity index (χ0) is 12.7. The van der Waals surface area contributed by atoms with Crippen LogP contribution in [0.15, 0.2) is 24.4 Å². The highest BCUT2D eigenvalue weighted by atomic mass is 16.1. The number of nitrogens with zero attached hydrogens (tertiary/aromatic N) is 1. The van der Waals surface area contributed by atoms with E-state index < -0.39 is 0 Å². The molecule has 0 saturated carbocycles. The largest absolute Gasteiger partial charge is 0.352 e. The fraction of sp³-hybridized carbons (Fsp3) is 0.538. The predicted octanol–water partition coefficient (Wildman–Crippen LogP) is 1.11. The molecule has 0 aliphatic carbocycles. The lowest BCUT2D eigenvalue weighted by atomic mass is 10.0. The maximum absolute atomic E-state index is 11.8. The molecule has 3 N–H and O–H groups in total. The van der Waals surface area contributed by atoms with Crippen LogP contribution in [0.1, 0.15) is 26.0 Å². The predicted molar refractivity (Wildman–Crippen MR) is 68.4 cm³/mol.